The topological polar surface area (TPSA) is 67.2 Å². The van der Waals surface area contributed by atoms with E-state index in [1.165, 1.54) is 5.56 Å². The zero-order valence-electron chi connectivity index (χ0n) is 12.7. The summed E-state index contributed by atoms with van der Waals surface area (Å²) < 4.78 is 1.55. The van der Waals surface area contributed by atoms with Crippen molar-refractivity contribution < 1.29 is 4.79 Å². The molecule has 1 amide bonds. The summed E-state index contributed by atoms with van der Waals surface area (Å²) in [4.78, 5) is 16.6. The van der Waals surface area contributed by atoms with Crippen molar-refractivity contribution in [3.8, 4) is 0 Å². The van der Waals surface area contributed by atoms with Crippen molar-refractivity contribution in [1.29, 1.82) is 0 Å². The van der Waals surface area contributed by atoms with E-state index in [9.17, 15) is 4.79 Å². The number of hydrogen-bond donors (Lipinski definition) is 0. The molecule has 0 unspecified atom stereocenters. The number of aryl methyl sites for hydroxylation is 1. The van der Waals surface area contributed by atoms with E-state index in [0.717, 1.165) is 32.7 Å². The molecule has 2 heterocycles. The van der Waals surface area contributed by atoms with Crippen LogP contribution in [0.3, 0.4) is 0 Å². The number of aromatic nitrogens is 4. The quantitative estimate of drug-likeness (QED) is 0.801. The van der Waals surface area contributed by atoms with Crippen LogP contribution in [-0.2, 0) is 24.8 Å². The van der Waals surface area contributed by atoms with Crippen molar-refractivity contribution in [3.63, 3.8) is 0 Å². The normalized spacial score (nSPS) is 16.0. The van der Waals surface area contributed by atoms with E-state index in [-0.39, 0.29) is 12.3 Å². The number of rotatable bonds is 4. The zero-order valence-corrected chi connectivity index (χ0v) is 12.7. The molecule has 2 aromatic rings. The third kappa shape index (κ3) is 3.48. The van der Waals surface area contributed by atoms with Crippen molar-refractivity contribution in [3.05, 3.63) is 41.7 Å². The molecule has 0 saturated carbocycles. The second-order valence-electron chi connectivity index (χ2n) is 5.54. The minimum atomic E-state index is 0.0947. The predicted octanol–water partition coefficient (Wildman–Crippen LogP) is 0.0970. The second-order valence-corrected chi connectivity index (χ2v) is 5.54. The first-order valence-corrected chi connectivity index (χ1v) is 7.47. The molecule has 1 aliphatic heterocycles. The fraction of sp³-hybridized carbons (Fsp3) is 0.467. The number of amides is 1. The lowest BCUT2D eigenvalue weighted by Crippen LogP contribution is -2.48. The lowest BCUT2D eigenvalue weighted by molar-refractivity contribution is -0.132. The maximum atomic E-state index is 12.3. The van der Waals surface area contributed by atoms with Gasteiger partial charge in [-0.15, -0.1) is 5.10 Å². The molecule has 1 aromatic heterocycles. The minimum Gasteiger partial charge on any atom is -0.340 e. The van der Waals surface area contributed by atoms with Crippen molar-refractivity contribution >= 4 is 5.91 Å². The molecule has 3 rings (SSSR count). The van der Waals surface area contributed by atoms with Crippen LogP contribution in [0.1, 0.15) is 11.4 Å². The SMILES string of the molecule is Cn1nnnc1CC(=O)N1CCN(Cc2ccccc2)CC1. The third-order valence-electron chi connectivity index (χ3n) is 3.99. The molecule has 0 atom stereocenters. The smallest absolute Gasteiger partial charge is 0.230 e. The van der Waals surface area contributed by atoms with Gasteiger partial charge >= 0.3 is 0 Å². The van der Waals surface area contributed by atoms with Crippen molar-refractivity contribution in [1.82, 2.24) is 30.0 Å². The van der Waals surface area contributed by atoms with Crippen LogP contribution in [0, 0.1) is 0 Å². The number of carbonyl (C=O) groups is 1. The highest BCUT2D eigenvalue weighted by Crippen LogP contribution is 2.09. The van der Waals surface area contributed by atoms with Crippen LogP contribution in [0.5, 0.6) is 0 Å². The molecule has 1 aromatic carbocycles. The Balaban J connectivity index is 1.49. The summed E-state index contributed by atoms with van der Waals surface area (Å²) in [7, 11) is 1.75. The molecule has 7 nitrogen and oxygen atoms in total. The standard InChI is InChI=1S/C15H20N6O/c1-19-14(16-17-18-19)11-15(22)21-9-7-20(8-10-21)12-13-5-3-2-4-6-13/h2-6H,7-12H2,1H3. The van der Waals surface area contributed by atoms with E-state index in [0.29, 0.717) is 5.82 Å². The van der Waals surface area contributed by atoms with Crippen LogP contribution < -0.4 is 0 Å². The summed E-state index contributed by atoms with van der Waals surface area (Å²) in [5.74, 6) is 0.703. The Morgan fingerprint density at radius 1 is 1.14 bits per heavy atom. The van der Waals surface area contributed by atoms with Gasteiger partial charge in [-0.1, -0.05) is 30.3 Å². The van der Waals surface area contributed by atoms with E-state index in [2.05, 4.69) is 44.7 Å². The summed E-state index contributed by atoms with van der Waals surface area (Å²) in [6.07, 6.45) is 0.266. The number of hydrogen-bond acceptors (Lipinski definition) is 5. The monoisotopic (exact) mass is 300 g/mol. The van der Waals surface area contributed by atoms with Gasteiger partial charge < -0.3 is 4.90 Å². The van der Waals surface area contributed by atoms with Crippen molar-refractivity contribution in [2.75, 3.05) is 26.2 Å². The molecule has 0 aliphatic carbocycles. The lowest BCUT2D eigenvalue weighted by atomic mass is 10.2. The number of nitrogens with zero attached hydrogens (tertiary/aromatic N) is 6. The van der Waals surface area contributed by atoms with Gasteiger partial charge in [-0.2, -0.15) is 0 Å². The molecule has 1 fully saturated rings. The van der Waals surface area contributed by atoms with Gasteiger partial charge in [0.15, 0.2) is 5.82 Å². The first-order chi connectivity index (χ1) is 10.7. The molecule has 7 heteroatoms. The molecule has 1 saturated heterocycles. The molecular formula is C15H20N6O. The van der Waals surface area contributed by atoms with Gasteiger partial charge in [0.25, 0.3) is 0 Å². The van der Waals surface area contributed by atoms with E-state index in [1.54, 1.807) is 11.7 Å². The molecule has 0 bridgehead atoms. The Labute approximate surface area is 129 Å². The van der Waals surface area contributed by atoms with Crippen LogP contribution in [0.15, 0.2) is 30.3 Å². The maximum Gasteiger partial charge on any atom is 0.230 e. The van der Waals surface area contributed by atoms with Crippen molar-refractivity contribution in [2.45, 2.75) is 13.0 Å². The number of benzene rings is 1. The molecule has 116 valence electrons. The van der Waals surface area contributed by atoms with Gasteiger partial charge in [0, 0.05) is 39.8 Å². The van der Waals surface area contributed by atoms with Crippen LogP contribution in [0.25, 0.3) is 0 Å². The fourth-order valence-corrected chi connectivity index (χ4v) is 2.64. The van der Waals surface area contributed by atoms with Gasteiger partial charge in [0.2, 0.25) is 5.91 Å². The minimum absolute atomic E-state index is 0.0947. The average Bonchev–Trinajstić information content (AvgIpc) is 2.94. The highest BCUT2D eigenvalue weighted by Gasteiger charge is 2.22. The van der Waals surface area contributed by atoms with E-state index >= 15 is 0 Å². The van der Waals surface area contributed by atoms with Crippen LogP contribution >= 0.6 is 0 Å². The van der Waals surface area contributed by atoms with Crippen LogP contribution in [-0.4, -0.2) is 62.1 Å². The predicted molar refractivity (Wildman–Crippen MR) is 80.8 cm³/mol. The average molecular weight is 300 g/mol. The lowest BCUT2D eigenvalue weighted by Gasteiger charge is -2.34. The van der Waals surface area contributed by atoms with E-state index in [4.69, 9.17) is 0 Å². The Morgan fingerprint density at radius 3 is 2.50 bits per heavy atom. The number of piperazine rings is 1. The first-order valence-electron chi connectivity index (χ1n) is 7.47. The van der Waals surface area contributed by atoms with Gasteiger partial charge in [0.1, 0.15) is 0 Å². The maximum absolute atomic E-state index is 12.3. The van der Waals surface area contributed by atoms with Gasteiger partial charge in [-0.05, 0) is 16.0 Å². The second kappa shape index (κ2) is 6.65. The number of carbonyl (C=O) groups excluding carboxylic acids is 1. The van der Waals surface area contributed by atoms with E-state index in [1.807, 2.05) is 11.0 Å². The largest absolute Gasteiger partial charge is 0.340 e. The fourth-order valence-electron chi connectivity index (χ4n) is 2.64. The highest BCUT2D eigenvalue weighted by atomic mass is 16.2. The van der Waals surface area contributed by atoms with Crippen molar-refractivity contribution in [2.24, 2.45) is 7.05 Å². The molecule has 0 spiro atoms. The molecular weight excluding hydrogens is 280 g/mol. The summed E-state index contributed by atoms with van der Waals surface area (Å²) in [6.45, 7) is 4.26. The third-order valence-corrected chi connectivity index (χ3v) is 3.99. The van der Waals surface area contributed by atoms with E-state index < -0.39 is 0 Å². The Morgan fingerprint density at radius 2 is 1.86 bits per heavy atom. The van der Waals surface area contributed by atoms with Gasteiger partial charge in [-0.3, -0.25) is 9.69 Å². The van der Waals surface area contributed by atoms with Crippen LogP contribution in [0.2, 0.25) is 0 Å². The van der Waals surface area contributed by atoms with Gasteiger partial charge in [0.05, 0.1) is 6.42 Å². The molecule has 0 radical (unpaired) electrons. The molecule has 22 heavy (non-hydrogen) atoms. The Bertz CT molecular complexity index is 618. The Hall–Kier alpha value is -2.28. The number of tetrazole rings is 1. The summed E-state index contributed by atoms with van der Waals surface area (Å²) >= 11 is 0. The van der Waals surface area contributed by atoms with Crippen LogP contribution in [0.4, 0.5) is 0 Å². The van der Waals surface area contributed by atoms with Gasteiger partial charge in [-0.25, -0.2) is 4.68 Å². The zero-order chi connectivity index (χ0) is 15.4. The summed E-state index contributed by atoms with van der Waals surface area (Å²) in [5.41, 5.74) is 1.31. The summed E-state index contributed by atoms with van der Waals surface area (Å²) in [5, 5.41) is 11.2. The summed E-state index contributed by atoms with van der Waals surface area (Å²) in [6, 6.07) is 10.4. The molecule has 0 N–H and O–H groups in total. The highest BCUT2D eigenvalue weighted by molar-refractivity contribution is 5.78. The Kier molecular flexibility index (Phi) is 4.43. The first kappa shape index (κ1) is 14.6. The molecule has 1 aliphatic rings.